The molecule has 3 rings (SSSR count). The molecule has 0 saturated carbocycles. The molecule has 10 heteroatoms. The number of nitrogens with zero attached hydrogens (tertiary/aromatic N) is 1. The summed E-state index contributed by atoms with van der Waals surface area (Å²) >= 11 is 1.05. The lowest BCUT2D eigenvalue weighted by Crippen LogP contribution is -2.19. The number of rotatable bonds is 5. The molecule has 28 heavy (non-hydrogen) atoms. The molecular formula is C18H18FN3O4S2. The van der Waals surface area contributed by atoms with Crippen molar-refractivity contribution in [3.05, 3.63) is 42.2 Å². The molecule has 0 bridgehead atoms. The van der Waals surface area contributed by atoms with E-state index in [2.05, 4.69) is 15.6 Å². The molecule has 2 amide bonds. The van der Waals surface area contributed by atoms with Crippen LogP contribution in [0.1, 0.15) is 13.8 Å². The van der Waals surface area contributed by atoms with E-state index in [1.807, 2.05) is 0 Å². The van der Waals surface area contributed by atoms with Crippen LogP contribution in [0.25, 0.3) is 10.2 Å². The Labute approximate surface area is 165 Å². The van der Waals surface area contributed by atoms with E-state index in [0.717, 1.165) is 17.4 Å². The van der Waals surface area contributed by atoms with Gasteiger partial charge >= 0.3 is 6.03 Å². The van der Waals surface area contributed by atoms with Crippen LogP contribution in [0.15, 0.2) is 40.7 Å². The number of methoxy groups -OCH3 is 1. The van der Waals surface area contributed by atoms with E-state index in [0.29, 0.717) is 15.9 Å². The fourth-order valence-corrected chi connectivity index (χ4v) is 5.02. The number of hydrogen-bond acceptors (Lipinski definition) is 6. The summed E-state index contributed by atoms with van der Waals surface area (Å²) < 4.78 is 43.8. The minimum atomic E-state index is -3.46. The van der Waals surface area contributed by atoms with E-state index in [4.69, 9.17) is 4.74 Å². The second-order valence-electron chi connectivity index (χ2n) is 6.18. The highest BCUT2D eigenvalue weighted by Gasteiger charge is 2.23. The molecule has 3 aromatic rings. The summed E-state index contributed by atoms with van der Waals surface area (Å²) in [6.45, 7) is 3.20. The van der Waals surface area contributed by atoms with Crippen molar-refractivity contribution in [2.24, 2.45) is 0 Å². The maximum absolute atomic E-state index is 13.7. The second-order valence-corrected chi connectivity index (χ2v) is 9.89. The van der Waals surface area contributed by atoms with Gasteiger partial charge in [0, 0.05) is 17.4 Å². The Morgan fingerprint density at radius 3 is 2.39 bits per heavy atom. The average Bonchev–Trinajstić information content (AvgIpc) is 3.05. The SMILES string of the molecule is COc1ccc(NC(=O)Nc2ccc3nc(S(=O)(=O)C(C)C)sc3c2)cc1F. The summed E-state index contributed by atoms with van der Waals surface area (Å²) in [5.74, 6) is -0.515. The molecule has 0 aliphatic carbocycles. The Hall–Kier alpha value is -2.72. The van der Waals surface area contributed by atoms with Crippen LogP contribution in [-0.2, 0) is 9.84 Å². The number of urea groups is 1. The molecule has 7 nitrogen and oxygen atoms in total. The zero-order valence-corrected chi connectivity index (χ0v) is 16.9. The molecule has 2 N–H and O–H groups in total. The predicted octanol–water partition coefficient (Wildman–Crippen LogP) is 4.27. The monoisotopic (exact) mass is 423 g/mol. The number of hydrogen-bond donors (Lipinski definition) is 2. The molecule has 0 spiro atoms. The molecule has 0 fully saturated rings. The number of fused-ring (bicyclic) bond motifs is 1. The zero-order valence-electron chi connectivity index (χ0n) is 15.3. The van der Waals surface area contributed by atoms with Gasteiger partial charge in [-0.05, 0) is 44.2 Å². The van der Waals surface area contributed by atoms with Crippen LogP contribution in [0.4, 0.5) is 20.6 Å². The minimum absolute atomic E-state index is 0.0489. The maximum Gasteiger partial charge on any atom is 0.323 e. The number of thiazole rings is 1. The second kappa shape index (κ2) is 7.72. The van der Waals surface area contributed by atoms with Gasteiger partial charge in [-0.3, -0.25) is 0 Å². The van der Waals surface area contributed by atoms with Crippen LogP contribution in [0.3, 0.4) is 0 Å². The van der Waals surface area contributed by atoms with Gasteiger partial charge in [0.1, 0.15) is 0 Å². The van der Waals surface area contributed by atoms with E-state index >= 15 is 0 Å². The lowest BCUT2D eigenvalue weighted by molar-refractivity contribution is 0.262. The first-order valence-electron chi connectivity index (χ1n) is 8.26. The Kier molecular flexibility index (Phi) is 5.52. The van der Waals surface area contributed by atoms with Crippen LogP contribution >= 0.6 is 11.3 Å². The van der Waals surface area contributed by atoms with Gasteiger partial charge in [0.2, 0.25) is 14.2 Å². The summed E-state index contributed by atoms with van der Waals surface area (Å²) in [6, 6.07) is 8.38. The summed E-state index contributed by atoms with van der Waals surface area (Å²) in [5.41, 5.74) is 1.25. The Morgan fingerprint density at radius 1 is 1.14 bits per heavy atom. The fourth-order valence-electron chi connectivity index (χ4n) is 2.34. The third-order valence-corrected chi connectivity index (χ3v) is 7.48. The van der Waals surface area contributed by atoms with Gasteiger partial charge < -0.3 is 15.4 Å². The minimum Gasteiger partial charge on any atom is -0.494 e. The summed E-state index contributed by atoms with van der Waals surface area (Å²) in [5, 5.41) is 4.58. The van der Waals surface area contributed by atoms with Gasteiger partial charge in [-0.25, -0.2) is 22.6 Å². The van der Waals surface area contributed by atoms with Crippen molar-refractivity contribution in [3.8, 4) is 5.75 Å². The number of aromatic nitrogens is 1. The number of amides is 2. The van der Waals surface area contributed by atoms with Crippen molar-refractivity contribution in [2.45, 2.75) is 23.4 Å². The summed E-state index contributed by atoms with van der Waals surface area (Å²) in [4.78, 5) is 16.3. The zero-order chi connectivity index (χ0) is 20.5. The van der Waals surface area contributed by atoms with Crippen LogP contribution < -0.4 is 15.4 Å². The summed E-state index contributed by atoms with van der Waals surface area (Å²) in [7, 11) is -2.11. The first-order valence-corrected chi connectivity index (χ1v) is 10.6. The molecule has 1 aromatic heterocycles. The van der Waals surface area contributed by atoms with Crippen molar-refractivity contribution in [1.82, 2.24) is 4.98 Å². The third-order valence-electron chi connectivity index (χ3n) is 3.90. The predicted molar refractivity (Wildman–Crippen MR) is 108 cm³/mol. The normalized spacial score (nSPS) is 11.6. The highest BCUT2D eigenvalue weighted by molar-refractivity contribution is 7.94. The Bertz CT molecular complexity index is 1140. The van der Waals surface area contributed by atoms with E-state index in [9.17, 15) is 17.6 Å². The van der Waals surface area contributed by atoms with Crippen molar-refractivity contribution in [3.63, 3.8) is 0 Å². The largest absolute Gasteiger partial charge is 0.494 e. The first-order chi connectivity index (χ1) is 13.2. The maximum atomic E-state index is 13.7. The molecular weight excluding hydrogens is 405 g/mol. The number of benzene rings is 2. The van der Waals surface area contributed by atoms with Gasteiger partial charge in [0.25, 0.3) is 0 Å². The van der Waals surface area contributed by atoms with E-state index in [1.54, 1.807) is 32.0 Å². The Balaban J connectivity index is 1.77. The number of sulfone groups is 1. The smallest absolute Gasteiger partial charge is 0.323 e. The van der Waals surface area contributed by atoms with Crippen molar-refractivity contribution in [2.75, 3.05) is 17.7 Å². The standard InChI is InChI=1S/C18H18FN3O4S2/c1-10(2)28(24,25)18-22-14-6-4-12(9-16(14)27-18)21-17(23)20-11-5-7-15(26-3)13(19)8-11/h4-10H,1-3H3,(H2,20,21,23). The molecule has 148 valence electrons. The number of anilines is 2. The molecule has 0 saturated heterocycles. The van der Waals surface area contributed by atoms with E-state index < -0.39 is 26.9 Å². The van der Waals surface area contributed by atoms with Gasteiger partial charge in [0.15, 0.2) is 11.6 Å². The van der Waals surface area contributed by atoms with Crippen LogP contribution in [0.5, 0.6) is 5.75 Å². The topological polar surface area (TPSA) is 97.4 Å². The van der Waals surface area contributed by atoms with Crippen LogP contribution in [0, 0.1) is 5.82 Å². The van der Waals surface area contributed by atoms with Gasteiger partial charge in [-0.15, -0.1) is 11.3 Å². The first kappa shape index (κ1) is 20.0. The quantitative estimate of drug-likeness (QED) is 0.639. The number of halogens is 1. The highest BCUT2D eigenvalue weighted by atomic mass is 32.2. The molecule has 0 aliphatic heterocycles. The van der Waals surface area contributed by atoms with Crippen LogP contribution in [-0.4, -0.2) is 31.8 Å². The third kappa shape index (κ3) is 4.07. The molecule has 2 aromatic carbocycles. The number of nitrogens with one attached hydrogen (secondary N) is 2. The summed E-state index contributed by atoms with van der Waals surface area (Å²) in [6.07, 6.45) is 0. The molecule has 0 aliphatic rings. The fraction of sp³-hybridized carbons (Fsp3) is 0.222. The van der Waals surface area contributed by atoms with Crippen LogP contribution in [0.2, 0.25) is 0 Å². The number of carbonyl (C=O) groups excluding carboxylic acids is 1. The number of ether oxygens (including phenoxy) is 1. The highest BCUT2D eigenvalue weighted by Crippen LogP contribution is 2.30. The van der Waals surface area contributed by atoms with Gasteiger partial charge in [-0.1, -0.05) is 0 Å². The van der Waals surface area contributed by atoms with Gasteiger partial charge in [-0.2, -0.15) is 0 Å². The van der Waals surface area contributed by atoms with E-state index in [1.165, 1.54) is 19.2 Å². The molecule has 0 radical (unpaired) electrons. The van der Waals surface area contributed by atoms with Crippen molar-refractivity contribution < 1.29 is 22.3 Å². The average molecular weight is 423 g/mol. The molecule has 1 heterocycles. The lowest BCUT2D eigenvalue weighted by Gasteiger charge is -2.09. The Morgan fingerprint density at radius 2 is 1.79 bits per heavy atom. The van der Waals surface area contributed by atoms with E-state index in [-0.39, 0.29) is 15.8 Å². The van der Waals surface area contributed by atoms with Crippen molar-refractivity contribution in [1.29, 1.82) is 0 Å². The number of carbonyl (C=O) groups is 1. The van der Waals surface area contributed by atoms with Crippen molar-refractivity contribution >= 4 is 48.8 Å². The van der Waals surface area contributed by atoms with Gasteiger partial charge in [0.05, 0.1) is 22.6 Å². The lowest BCUT2D eigenvalue weighted by atomic mass is 10.3. The molecule has 0 unspecified atom stereocenters. The molecule has 0 atom stereocenters.